The van der Waals surface area contributed by atoms with Gasteiger partial charge in [0.05, 0.1) is 18.1 Å². The fourth-order valence-electron chi connectivity index (χ4n) is 3.21. The first-order valence-corrected chi connectivity index (χ1v) is 8.29. The van der Waals surface area contributed by atoms with Gasteiger partial charge in [-0.05, 0) is 12.5 Å². The van der Waals surface area contributed by atoms with E-state index in [4.69, 9.17) is 0 Å². The number of nitrogens with one attached hydrogen (secondary N) is 2. The van der Waals surface area contributed by atoms with E-state index in [0.29, 0.717) is 11.6 Å². The van der Waals surface area contributed by atoms with Crippen molar-refractivity contribution < 1.29 is 4.79 Å². The Morgan fingerprint density at radius 2 is 2.04 bits per heavy atom. The van der Waals surface area contributed by atoms with Gasteiger partial charge in [0, 0.05) is 57.0 Å². The van der Waals surface area contributed by atoms with E-state index < -0.39 is 0 Å². The largest absolute Gasteiger partial charge is 0.338 e. The van der Waals surface area contributed by atoms with E-state index >= 15 is 0 Å². The van der Waals surface area contributed by atoms with Crippen LogP contribution in [0.2, 0.25) is 0 Å². The highest BCUT2D eigenvalue weighted by atomic mass is 16.2. The first-order chi connectivity index (χ1) is 11.7. The van der Waals surface area contributed by atoms with E-state index in [1.54, 1.807) is 18.6 Å². The second kappa shape index (κ2) is 6.20. The van der Waals surface area contributed by atoms with Crippen LogP contribution >= 0.6 is 0 Å². The van der Waals surface area contributed by atoms with Crippen LogP contribution in [0, 0.1) is 5.92 Å². The van der Waals surface area contributed by atoms with Crippen LogP contribution in [0.5, 0.6) is 0 Å². The first kappa shape index (κ1) is 15.1. The molecule has 1 saturated carbocycles. The lowest BCUT2D eigenvalue weighted by Gasteiger charge is -2.27. The van der Waals surface area contributed by atoms with Crippen molar-refractivity contribution in [3.63, 3.8) is 0 Å². The van der Waals surface area contributed by atoms with Gasteiger partial charge in [0.25, 0.3) is 0 Å². The lowest BCUT2D eigenvalue weighted by atomic mass is 10.2. The van der Waals surface area contributed by atoms with Crippen molar-refractivity contribution in [2.24, 2.45) is 13.0 Å². The van der Waals surface area contributed by atoms with E-state index in [9.17, 15) is 4.79 Å². The van der Waals surface area contributed by atoms with Crippen LogP contribution in [0.4, 0.5) is 11.6 Å². The molecule has 24 heavy (non-hydrogen) atoms. The van der Waals surface area contributed by atoms with Gasteiger partial charge in [0.15, 0.2) is 0 Å². The molecule has 2 aromatic heterocycles. The Bertz CT molecular complexity index is 720. The number of hydrogen-bond donors (Lipinski definition) is 2. The Morgan fingerprint density at radius 1 is 1.29 bits per heavy atom. The number of amides is 1. The van der Waals surface area contributed by atoms with E-state index in [2.05, 4.69) is 30.6 Å². The number of anilines is 2. The molecule has 0 bridgehead atoms. The third kappa shape index (κ3) is 2.96. The Morgan fingerprint density at radius 3 is 2.71 bits per heavy atom. The molecule has 0 unspecified atom stereocenters. The summed E-state index contributed by atoms with van der Waals surface area (Å²) in [6, 6.07) is 1.98. The molecule has 2 aromatic rings. The average molecular weight is 327 g/mol. The van der Waals surface area contributed by atoms with Crippen LogP contribution in [-0.2, 0) is 11.8 Å². The molecule has 4 rings (SSSR count). The van der Waals surface area contributed by atoms with Crippen molar-refractivity contribution in [1.29, 1.82) is 0 Å². The molecule has 1 saturated heterocycles. The molecule has 1 amide bonds. The van der Waals surface area contributed by atoms with Gasteiger partial charge in [-0.15, -0.1) is 0 Å². The van der Waals surface area contributed by atoms with Gasteiger partial charge in [0.1, 0.15) is 0 Å². The highest BCUT2D eigenvalue weighted by Crippen LogP contribution is 2.47. The van der Waals surface area contributed by atoms with Crippen molar-refractivity contribution >= 4 is 17.5 Å². The number of rotatable bonds is 4. The zero-order valence-corrected chi connectivity index (χ0v) is 13.6. The van der Waals surface area contributed by atoms with Crippen molar-refractivity contribution in [1.82, 2.24) is 25.1 Å². The van der Waals surface area contributed by atoms with E-state index in [0.717, 1.165) is 38.3 Å². The Balaban J connectivity index is 1.35. The molecule has 1 aliphatic carbocycles. The van der Waals surface area contributed by atoms with Gasteiger partial charge in [-0.3, -0.25) is 9.48 Å². The van der Waals surface area contributed by atoms with Crippen LogP contribution < -0.4 is 15.5 Å². The van der Waals surface area contributed by atoms with Gasteiger partial charge in [-0.2, -0.15) is 5.10 Å². The van der Waals surface area contributed by atoms with Crippen molar-refractivity contribution in [3.05, 3.63) is 30.4 Å². The number of carbonyl (C=O) groups excluding carboxylic acids is 1. The molecule has 8 heteroatoms. The highest BCUT2D eigenvalue weighted by Gasteiger charge is 2.45. The SMILES string of the molecule is Cn1nccc1[C@@H]1C[C@H]1C(=O)Nc1cnc(N2CCNCC2)nc1. The number of hydrogen-bond acceptors (Lipinski definition) is 6. The Kier molecular flexibility index (Phi) is 3.89. The zero-order valence-electron chi connectivity index (χ0n) is 13.6. The summed E-state index contributed by atoms with van der Waals surface area (Å²) < 4.78 is 1.84. The summed E-state index contributed by atoms with van der Waals surface area (Å²) in [4.78, 5) is 23.3. The molecule has 3 heterocycles. The van der Waals surface area contributed by atoms with Gasteiger partial charge < -0.3 is 15.5 Å². The number of aromatic nitrogens is 4. The average Bonchev–Trinajstić information content (AvgIpc) is 3.30. The first-order valence-electron chi connectivity index (χ1n) is 8.29. The molecule has 2 atom stereocenters. The molecule has 2 aliphatic rings. The van der Waals surface area contributed by atoms with Crippen LogP contribution in [0.15, 0.2) is 24.7 Å². The van der Waals surface area contributed by atoms with Crippen LogP contribution in [-0.4, -0.2) is 51.8 Å². The molecule has 2 fully saturated rings. The van der Waals surface area contributed by atoms with Crippen LogP contribution in [0.1, 0.15) is 18.0 Å². The maximum absolute atomic E-state index is 12.4. The second-order valence-electron chi connectivity index (χ2n) is 6.33. The Labute approximate surface area is 140 Å². The van der Waals surface area contributed by atoms with Crippen molar-refractivity contribution in [2.45, 2.75) is 12.3 Å². The topological polar surface area (TPSA) is 88.0 Å². The molecule has 0 aromatic carbocycles. The van der Waals surface area contributed by atoms with Gasteiger partial charge in [-0.1, -0.05) is 0 Å². The minimum atomic E-state index is 0.00763. The van der Waals surface area contributed by atoms with Crippen molar-refractivity contribution in [3.8, 4) is 0 Å². The number of aryl methyl sites for hydroxylation is 1. The maximum atomic E-state index is 12.4. The smallest absolute Gasteiger partial charge is 0.228 e. The van der Waals surface area contributed by atoms with Gasteiger partial charge >= 0.3 is 0 Å². The summed E-state index contributed by atoms with van der Waals surface area (Å²) in [7, 11) is 1.91. The van der Waals surface area contributed by atoms with Gasteiger partial charge in [0.2, 0.25) is 11.9 Å². The third-order valence-electron chi connectivity index (χ3n) is 4.67. The van der Waals surface area contributed by atoms with Crippen LogP contribution in [0.3, 0.4) is 0 Å². The molecule has 8 nitrogen and oxygen atoms in total. The fourth-order valence-corrected chi connectivity index (χ4v) is 3.21. The monoisotopic (exact) mass is 327 g/mol. The van der Waals surface area contributed by atoms with Gasteiger partial charge in [-0.25, -0.2) is 9.97 Å². The summed E-state index contributed by atoms with van der Waals surface area (Å²) in [5.74, 6) is 1.01. The number of carbonyl (C=O) groups is 1. The zero-order chi connectivity index (χ0) is 16.5. The van der Waals surface area contributed by atoms with Crippen molar-refractivity contribution in [2.75, 3.05) is 36.4 Å². The predicted molar refractivity (Wildman–Crippen MR) is 89.8 cm³/mol. The standard InChI is InChI=1S/C16H21N7O/c1-22-14(2-3-20-22)12-8-13(12)15(24)21-11-9-18-16(19-10-11)23-6-4-17-5-7-23/h2-3,9-10,12-13,17H,4-8H2,1H3,(H,21,24)/t12-,13-/m1/s1. The molecule has 126 valence electrons. The summed E-state index contributed by atoms with van der Waals surface area (Å²) in [5.41, 5.74) is 1.76. The summed E-state index contributed by atoms with van der Waals surface area (Å²) >= 11 is 0. The predicted octanol–water partition coefficient (Wildman–Crippen LogP) is 0.362. The summed E-state index contributed by atoms with van der Waals surface area (Å²) in [6.07, 6.45) is 6.00. The fraction of sp³-hybridized carbons (Fsp3) is 0.500. The number of nitrogens with zero attached hydrogens (tertiary/aromatic N) is 5. The second-order valence-corrected chi connectivity index (χ2v) is 6.33. The van der Waals surface area contributed by atoms with Crippen LogP contribution in [0.25, 0.3) is 0 Å². The van der Waals surface area contributed by atoms with E-state index in [1.807, 2.05) is 17.8 Å². The maximum Gasteiger partial charge on any atom is 0.228 e. The normalized spacial score (nSPS) is 23.1. The third-order valence-corrected chi connectivity index (χ3v) is 4.67. The van der Waals surface area contributed by atoms with E-state index in [-0.39, 0.29) is 17.7 Å². The lowest BCUT2D eigenvalue weighted by Crippen LogP contribution is -2.44. The summed E-state index contributed by atoms with van der Waals surface area (Å²) in [5, 5.41) is 10.4. The highest BCUT2D eigenvalue weighted by molar-refractivity contribution is 5.94. The molecule has 0 radical (unpaired) electrons. The molecular weight excluding hydrogens is 306 g/mol. The minimum Gasteiger partial charge on any atom is -0.338 e. The minimum absolute atomic E-state index is 0.00763. The summed E-state index contributed by atoms with van der Waals surface area (Å²) in [6.45, 7) is 3.69. The number of piperazine rings is 1. The molecular formula is C16H21N7O. The quantitative estimate of drug-likeness (QED) is 0.843. The molecule has 0 spiro atoms. The lowest BCUT2D eigenvalue weighted by molar-refractivity contribution is -0.117. The molecule has 1 aliphatic heterocycles. The molecule has 2 N–H and O–H groups in total. The van der Waals surface area contributed by atoms with E-state index in [1.165, 1.54) is 0 Å². The Hall–Kier alpha value is -2.48.